The van der Waals surface area contributed by atoms with Gasteiger partial charge in [0.05, 0.1) is 16.9 Å². The first-order valence-corrected chi connectivity index (χ1v) is 9.93. The molecule has 31 heavy (non-hydrogen) atoms. The van der Waals surface area contributed by atoms with E-state index in [1.54, 1.807) is 42.3 Å². The maximum absolute atomic E-state index is 12.4. The van der Waals surface area contributed by atoms with E-state index in [1.807, 2.05) is 6.07 Å². The van der Waals surface area contributed by atoms with Crippen LogP contribution < -0.4 is 26.3 Å². The number of hydroxylamine groups is 2. The predicted octanol–water partition coefficient (Wildman–Crippen LogP) is 3.44. The summed E-state index contributed by atoms with van der Waals surface area (Å²) in [5.41, 5.74) is 8.65. The summed E-state index contributed by atoms with van der Waals surface area (Å²) < 4.78 is 1.63. The van der Waals surface area contributed by atoms with Crippen molar-refractivity contribution in [3.63, 3.8) is 0 Å². The Hall–Kier alpha value is -3.66. The lowest BCUT2D eigenvalue weighted by atomic mass is 9.92. The van der Waals surface area contributed by atoms with Crippen LogP contribution >= 0.6 is 11.6 Å². The number of benzene rings is 1. The van der Waals surface area contributed by atoms with Gasteiger partial charge in [-0.05, 0) is 18.2 Å². The Labute approximate surface area is 184 Å². The van der Waals surface area contributed by atoms with Crippen molar-refractivity contribution in [1.82, 2.24) is 25.7 Å². The summed E-state index contributed by atoms with van der Waals surface area (Å²) in [6.07, 6.45) is 4.94. The average molecular weight is 443 g/mol. The highest BCUT2D eigenvalue weighted by molar-refractivity contribution is 6.32. The molecule has 0 radical (unpaired) electrons. The van der Waals surface area contributed by atoms with Crippen molar-refractivity contribution in [3.05, 3.63) is 58.8 Å². The number of aliphatic imine (C=N–C) groups is 1. The topological polar surface area (TPSA) is 108 Å². The van der Waals surface area contributed by atoms with E-state index in [-0.39, 0.29) is 5.41 Å². The molecular weight excluding hydrogens is 420 g/mol. The van der Waals surface area contributed by atoms with Crippen LogP contribution in [0.25, 0.3) is 0 Å². The maximum Gasteiger partial charge on any atom is 0.324 e. The molecule has 2 aliphatic rings. The van der Waals surface area contributed by atoms with Crippen molar-refractivity contribution >= 4 is 35.5 Å². The third kappa shape index (κ3) is 4.43. The number of urea groups is 1. The number of nitrogens with zero attached hydrogens (tertiary/aromatic N) is 4. The van der Waals surface area contributed by atoms with Gasteiger partial charge in [-0.2, -0.15) is 10.2 Å². The fourth-order valence-corrected chi connectivity index (χ4v) is 3.11. The second-order valence-electron chi connectivity index (χ2n) is 8.04. The minimum Gasteiger partial charge on any atom is -0.372 e. The predicted molar refractivity (Wildman–Crippen MR) is 119 cm³/mol. The summed E-state index contributed by atoms with van der Waals surface area (Å²) in [6.45, 7) is 6.19. The molecule has 2 amide bonds. The largest absolute Gasteiger partial charge is 0.372 e. The molecule has 0 spiro atoms. The molecule has 0 saturated carbocycles. The number of hydrazine groups is 1. The molecule has 0 aliphatic carbocycles. The van der Waals surface area contributed by atoms with E-state index in [9.17, 15) is 4.79 Å². The van der Waals surface area contributed by atoms with Gasteiger partial charge in [-0.3, -0.25) is 15.4 Å². The van der Waals surface area contributed by atoms with Gasteiger partial charge < -0.3 is 15.6 Å². The Balaban J connectivity index is 1.41. The molecule has 162 valence electrons. The molecule has 1 aromatic heterocycles. The van der Waals surface area contributed by atoms with E-state index in [1.165, 1.54) is 11.4 Å². The number of fused-ring (bicyclic) bond motifs is 1. The van der Waals surface area contributed by atoms with Gasteiger partial charge in [0, 0.05) is 30.4 Å². The number of carbonyl (C=O) groups is 1. The summed E-state index contributed by atoms with van der Waals surface area (Å²) in [5.74, 6) is 1.00. The van der Waals surface area contributed by atoms with Gasteiger partial charge in [-0.15, -0.1) is 0 Å². The zero-order chi connectivity index (χ0) is 22.2. The van der Waals surface area contributed by atoms with Crippen LogP contribution in [0.15, 0.2) is 53.1 Å². The first kappa shape index (κ1) is 20.6. The van der Waals surface area contributed by atoms with Crippen molar-refractivity contribution in [2.75, 3.05) is 10.6 Å². The van der Waals surface area contributed by atoms with E-state index in [2.05, 4.69) is 52.3 Å². The lowest BCUT2D eigenvalue weighted by Gasteiger charge is -2.23. The number of rotatable bonds is 4. The van der Waals surface area contributed by atoms with Gasteiger partial charge in [0.15, 0.2) is 5.75 Å². The smallest absolute Gasteiger partial charge is 0.324 e. The first-order chi connectivity index (χ1) is 14.7. The molecule has 2 aliphatic heterocycles. The van der Waals surface area contributed by atoms with Crippen LogP contribution in [0.2, 0.25) is 5.02 Å². The first-order valence-electron chi connectivity index (χ1n) is 9.55. The summed E-state index contributed by atoms with van der Waals surface area (Å²) >= 11 is 6.37. The molecule has 4 N–H and O–H groups in total. The minimum absolute atomic E-state index is 0.117. The second kappa shape index (κ2) is 7.88. The molecule has 11 heteroatoms. The Morgan fingerprint density at radius 2 is 2.03 bits per heavy atom. The number of hydrogen-bond donors (Lipinski definition) is 4. The van der Waals surface area contributed by atoms with Gasteiger partial charge in [0.25, 0.3) is 0 Å². The van der Waals surface area contributed by atoms with Crippen molar-refractivity contribution in [2.24, 2.45) is 12.0 Å². The zero-order valence-electron chi connectivity index (χ0n) is 17.5. The standard InChI is InChI=1S/C20H23ClN8O2/c1-20(2,3)17-8-18(28(4)27-17)25-19(30)24-12-5-6-16(13(21)7-12)31-29-11-22-9-14-15(29)10-23-26-14/h5-11,23,26H,1-4H3,(H2,24,25,30). The molecule has 10 nitrogen and oxygen atoms in total. The normalized spacial score (nSPS) is 14.8. The molecule has 0 saturated heterocycles. The van der Waals surface area contributed by atoms with Gasteiger partial charge >= 0.3 is 6.03 Å². The molecule has 0 fully saturated rings. The number of hydrogen-bond acceptors (Lipinski definition) is 7. The lowest BCUT2D eigenvalue weighted by Crippen LogP contribution is -2.29. The maximum atomic E-state index is 12.4. The fourth-order valence-electron chi connectivity index (χ4n) is 2.90. The number of amides is 2. The quantitative estimate of drug-likeness (QED) is 0.577. The molecule has 0 bridgehead atoms. The highest BCUT2D eigenvalue weighted by atomic mass is 35.5. The molecule has 1 aromatic carbocycles. The molecular formula is C20H23ClN8O2. The van der Waals surface area contributed by atoms with Gasteiger partial charge in [0.2, 0.25) is 0 Å². The van der Waals surface area contributed by atoms with E-state index in [0.717, 1.165) is 17.1 Å². The molecule has 0 atom stereocenters. The Kier molecular flexibility index (Phi) is 5.24. The van der Waals surface area contributed by atoms with Crippen LogP contribution in [0, 0.1) is 0 Å². The number of nitrogens with one attached hydrogen (secondary N) is 4. The van der Waals surface area contributed by atoms with Crippen molar-refractivity contribution in [2.45, 2.75) is 26.2 Å². The van der Waals surface area contributed by atoms with Crippen LogP contribution in [0.4, 0.5) is 16.3 Å². The van der Waals surface area contributed by atoms with Crippen LogP contribution in [-0.2, 0) is 12.5 Å². The molecule has 2 aromatic rings. The van der Waals surface area contributed by atoms with Gasteiger partial charge in [-0.25, -0.2) is 9.79 Å². The Bertz CT molecular complexity index is 1110. The summed E-state index contributed by atoms with van der Waals surface area (Å²) in [7, 11) is 1.78. The Morgan fingerprint density at radius 3 is 2.74 bits per heavy atom. The van der Waals surface area contributed by atoms with Gasteiger partial charge in [-0.1, -0.05) is 32.4 Å². The monoisotopic (exact) mass is 442 g/mol. The number of anilines is 2. The van der Waals surface area contributed by atoms with E-state index < -0.39 is 6.03 Å². The van der Waals surface area contributed by atoms with Crippen molar-refractivity contribution < 1.29 is 9.63 Å². The third-order valence-corrected chi connectivity index (χ3v) is 4.88. The third-order valence-electron chi connectivity index (χ3n) is 4.58. The lowest BCUT2D eigenvalue weighted by molar-refractivity contribution is 0.0647. The highest BCUT2D eigenvalue weighted by Crippen LogP contribution is 2.30. The van der Waals surface area contributed by atoms with Crippen LogP contribution in [0.5, 0.6) is 5.75 Å². The number of aryl methyl sites for hydroxylation is 1. The highest BCUT2D eigenvalue weighted by Gasteiger charge is 2.23. The molecule has 3 heterocycles. The fraction of sp³-hybridized carbons (Fsp3) is 0.250. The number of aromatic nitrogens is 2. The van der Waals surface area contributed by atoms with E-state index in [4.69, 9.17) is 16.4 Å². The van der Waals surface area contributed by atoms with E-state index in [0.29, 0.717) is 22.3 Å². The van der Waals surface area contributed by atoms with Crippen LogP contribution in [0.3, 0.4) is 0 Å². The van der Waals surface area contributed by atoms with Crippen molar-refractivity contribution in [3.8, 4) is 5.75 Å². The second-order valence-corrected chi connectivity index (χ2v) is 8.44. The minimum atomic E-state index is -0.403. The summed E-state index contributed by atoms with van der Waals surface area (Å²) in [4.78, 5) is 22.4. The molecule has 0 unspecified atom stereocenters. The van der Waals surface area contributed by atoms with Crippen molar-refractivity contribution in [1.29, 1.82) is 0 Å². The zero-order valence-corrected chi connectivity index (χ0v) is 18.3. The summed E-state index contributed by atoms with van der Waals surface area (Å²) in [5, 5.41) is 11.8. The number of carbonyl (C=O) groups excluding carboxylic acids is 1. The summed E-state index contributed by atoms with van der Waals surface area (Å²) in [6, 6.07) is 6.43. The van der Waals surface area contributed by atoms with Gasteiger partial charge in [0.1, 0.15) is 23.6 Å². The Morgan fingerprint density at radius 1 is 1.23 bits per heavy atom. The SMILES string of the molecule is Cn1nc(C(C)(C)C)cc1NC(=O)Nc1ccc(ON2C=NC=C3NNC=C32)c(Cl)c1. The van der Waals surface area contributed by atoms with E-state index >= 15 is 0 Å². The van der Waals surface area contributed by atoms with Crippen LogP contribution in [0.1, 0.15) is 26.5 Å². The molecule has 4 rings (SSSR count). The average Bonchev–Trinajstić information content (AvgIpc) is 3.31. The van der Waals surface area contributed by atoms with Crippen LogP contribution in [-0.4, -0.2) is 27.2 Å². The number of halogens is 1.